The van der Waals surface area contributed by atoms with E-state index in [-0.39, 0.29) is 12.8 Å². The molecule has 0 aliphatic heterocycles. The van der Waals surface area contributed by atoms with Crippen LogP contribution in [0.4, 0.5) is 0 Å². The number of carbonyl (C=O) groups excluding carboxylic acids is 5. The van der Waals surface area contributed by atoms with Gasteiger partial charge in [-0.2, -0.15) is 0 Å². The molecule has 4 atom stereocenters. The van der Waals surface area contributed by atoms with Crippen molar-refractivity contribution in [2.45, 2.75) is 50.4 Å². The fourth-order valence-electron chi connectivity index (χ4n) is 3.20. The molecule has 10 N–H and O–H groups in total. The Bertz CT molecular complexity index is 1070. The molecule has 16 nitrogen and oxygen atoms in total. The number of carbonyl (C=O) groups is 7. The fourth-order valence-corrected chi connectivity index (χ4v) is 3.20. The molecule has 0 spiro atoms. The van der Waals surface area contributed by atoms with Gasteiger partial charge in [-0.05, 0) is 25.3 Å². The van der Waals surface area contributed by atoms with Crippen molar-refractivity contribution in [2.75, 3.05) is 19.7 Å². The third-order valence-corrected chi connectivity index (χ3v) is 5.34. The van der Waals surface area contributed by atoms with Crippen molar-refractivity contribution in [2.24, 2.45) is 5.73 Å². The van der Waals surface area contributed by atoms with Gasteiger partial charge in [0.2, 0.25) is 29.5 Å². The molecule has 220 valence electrons. The SMILES string of the molecule is C[C@H](NC(=O)[C@H](CO)NC(=O)[C@H](CCC(=O)O)NC(=O)CNC(=O)[C@@H](N)Cc1ccccc1)C(=O)NCC(=O)O. The Balaban J connectivity index is 2.72. The van der Waals surface area contributed by atoms with Crippen LogP contribution in [0.2, 0.25) is 0 Å². The highest BCUT2D eigenvalue weighted by atomic mass is 16.4. The lowest BCUT2D eigenvalue weighted by Gasteiger charge is -2.23. The molecule has 0 fully saturated rings. The average molecular weight is 567 g/mol. The van der Waals surface area contributed by atoms with Gasteiger partial charge >= 0.3 is 11.9 Å². The number of aliphatic carboxylic acids is 2. The lowest BCUT2D eigenvalue weighted by molar-refractivity contribution is -0.139. The summed E-state index contributed by atoms with van der Waals surface area (Å²) in [6, 6.07) is 3.67. The quantitative estimate of drug-likeness (QED) is 0.0882. The van der Waals surface area contributed by atoms with Crippen LogP contribution < -0.4 is 32.3 Å². The second-order valence-electron chi connectivity index (χ2n) is 8.65. The van der Waals surface area contributed by atoms with Crippen molar-refractivity contribution in [3.8, 4) is 0 Å². The highest BCUT2D eigenvalue weighted by molar-refractivity contribution is 5.95. The molecular formula is C24H34N6O10. The van der Waals surface area contributed by atoms with Crippen LogP contribution >= 0.6 is 0 Å². The van der Waals surface area contributed by atoms with Gasteiger partial charge < -0.3 is 47.6 Å². The molecule has 0 aliphatic carbocycles. The molecule has 16 heteroatoms. The number of carboxylic acids is 2. The van der Waals surface area contributed by atoms with Crippen molar-refractivity contribution < 1.29 is 48.9 Å². The van der Waals surface area contributed by atoms with Crippen molar-refractivity contribution in [1.29, 1.82) is 0 Å². The van der Waals surface area contributed by atoms with Crippen molar-refractivity contribution in [1.82, 2.24) is 26.6 Å². The molecule has 1 aromatic rings. The molecule has 0 unspecified atom stereocenters. The maximum absolute atomic E-state index is 12.7. The van der Waals surface area contributed by atoms with Gasteiger partial charge in [0.25, 0.3) is 0 Å². The largest absolute Gasteiger partial charge is 0.481 e. The number of aliphatic hydroxyl groups excluding tert-OH is 1. The fraction of sp³-hybridized carbons (Fsp3) is 0.458. The van der Waals surface area contributed by atoms with Crippen LogP contribution in [-0.4, -0.2) is 101 Å². The van der Waals surface area contributed by atoms with E-state index in [1.54, 1.807) is 30.3 Å². The molecule has 40 heavy (non-hydrogen) atoms. The summed E-state index contributed by atoms with van der Waals surface area (Å²) in [5, 5.41) is 38.2. The summed E-state index contributed by atoms with van der Waals surface area (Å²) in [4.78, 5) is 83.3. The van der Waals surface area contributed by atoms with Gasteiger partial charge in [-0.25, -0.2) is 0 Å². The number of rotatable bonds is 17. The predicted octanol–water partition coefficient (Wildman–Crippen LogP) is -3.80. The lowest BCUT2D eigenvalue weighted by atomic mass is 10.1. The molecule has 1 rings (SSSR count). The number of aliphatic hydroxyl groups is 1. The number of hydrogen-bond donors (Lipinski definition) is 9. The molecule has 0 aliphatic rings. The third-order valence-electron chi connectivity index (χ3n) is 5.34. The average Bonchev–Trinajstić information content (AvgIpc) is 2.91. The first-order valence-corrected chi connectivity index (χ1v) is 12.1. The highest BCUT2D eigenvalue weighted by Crippen LogP contribution is 2.02. The summed E-state index contributed by atoms with van der Waals surface area (Å²) in [5.74, 6) is -6.92. The van der Waals surface area contributed by atoms with Gasteiger partial charge in [-0.15, -0.1) is 0 Å². The van der Waals surface area contributed by atoms with E-state index in [2.05, 4.69) is 21.3 Å². The molecule has 0 aromatic heterocycles. The number of nitrogens with one attached hydrogen (secondary N) is 5. The Labute approximate surface area is 229 Å². The Morgan fingerprint density at radius 1 is 0.775 bits per heavy atom. The standard InChI is InChI=1S/C24H34N6O10/c1-13(21(37)27-11-20(35)36)28-24(40)17(12-31)30-23(39)16(7-8-19(33)34)29-18(32)10-26-22(38)15(25)9-14-5-3-2-4-6-14/h2-6,13,15-17,31H,7-12,25H2,1H3,(H,26,38)(H,27,37)(H,28,40)(H,29,32)(H,30,39)(H,33,34)(H,35,36)/t13-,15-,16-,17-/m0/s1. The molecule has 0 heterocycles. The maximum atomic E-state index is 12.7. The molecule has 0 bridgehead atoms. The normalized spacial score (nSPS) is 13.5. The predicted molar refractivity (Wildman–Crippen MR) is 137 cm³/mol. The molecule has 0 saturated carbocycles. The zero-order valence-corrected chi connectivity index (χ0v) is 21.7. The van der Waals surface area contributed by atoms with E-state index >= 15 is 0 Å². The van der Waals surface area contributed by atoms with E-state index in [1.165, 1.54) is 6.92 Å². The van der Waals surface area contributed by atoms with E-state index in [1.807, 2.05) is 5.32 Å². The topological polar surface area (TPSA) is 266 Å². The van der Waals surface area contributed by atoms with E-state index < -0.39 is 91.8 Å². The molecular weight excluding hydrogens is 532 g/mol. The number of nitrogens with two attached hydrogens (primary N) is 1. The summed E-state index contributed by atoms with van der Waals surface area (Å²) in [7, 11) is 0. The van der Waals surface area contributed by atoms with Gasteiger partial charge in [0.1, 0.15) is 24.7 Å². The third kappa shape index (κ3) is 12.8. The first-order valence-electron chi connectivity index (χ1n) is 12.1. The van der Waals surface area contributed by atoms with Crippen LogP contribution in [0.3, 0.4) is 0 Å². The Hall–Kier alpha value is -4.57. The summed E-state index contributed by atoms with van der Waals surface area (Å²) in [5.41, 5.74) is 6.67. The first-order chi connectivity index (χ1) is 18.8. The monoisotopic (exact) mass is 566 g/mol. The summed E-state index contributed by atoms with van der Waals surface area (Å²) in [6.45, 7) is -0.952. The summed E-state index contributed by atoms with van der Waals surface area (Å²) < 4.78 is 0. The molecule has 0 radical (unpaired) electrons. The Morgan fingerprint density at radius 2 is 1.38 bits per heavy atom. The number of hydrogen-bond acceptors (Lipinski definition) is 9. The summed E-state index contributed by atoms with van der Waals surface area (Å²) >= 11 is 0. The van der Waals surface area contributed by atoms with Crippen LogP contribution in [-0.2, 0) is 40.0 Å². The second-order valence-corrected chi connectivity index (χ2v) is 8.65. The number of benzene rings is 1. The van der Waals surface area contributed by atoms with Crippen LogP contribution in [0.1, 0.15) is 25.3 Å². The second kappa shape index (κ2) is 17.1. The van der Waals surface area contributed by atoms with Gasteiger partial charge in [0.05, 0.1) is 19.2 Å². The van der Waals surface area contributed by atoms with E-state index in [9.17, 15) is 38.7 Å². The smallest absolute Gasteiger partial charge is 0.322 e. The Morgan fingerprint density at radius 3 is 1.95 bits per heavy atom. The number of carboxylic acid groups (broad SMARTS) is 2. The summed E-state index contributed by atoms with van der Waals surface area (Å²) in [6.07, 6.45) is -0.714. The van der Waals surface area contributed by atoms with E-state index in [0.29, 0.717) is 0 Å². The minimum Gasteiger partial charge on any atom is -0.481 e. The van der Waals surface area contributed by atoms with Crippen LogP contribution in [0.5, 0.6) is 0 Å². The first kappa shape index (κ1) is 33.5. The molecule has 5 amide bonds. The lowest BCUT2D eigenvalue weighted by Crippen LogP contribution is -2.58. The maximum Gasteiger partial charge on any atom is 0.322 e. The van der Waals surface area contributed by atoms with Crippen LogP contribution in [0, 0.1) is 0 Å². The van der Waals surface area contributed by atoms with Gasteiger partial charge in [0, 0.05) is 6.42 Å². The van der Waals surface area contributed by atoms with Gasteiger partial charge in [-0.3, -0.25) is 33.6 Å². The molecule has 1 aromatic carbocycles. The van der Waals surface area contributed by atoms with Crippen LogP contribution in [0.25, 0.3) is 0 Å². The van der Waals surface area contributed by atoms with E-state index in [4.69, 9.17) is 15.9 Å². The van der Waals surface area contributed by atoms with Crippen molar-refractivity contribution in [3.05, 3.63) is 35.9 Å². The van der Waals surface area contributed by atoms with Crippen molar-refractivity contribution in [3.63, 3.8) is 0 Å². The van der Waals surface area contributed by atoms with Gasteiger partial charge in [-0.1, -0.05) is 30.3 Å². The Kier molecular flexibility index (Phi) is 14.3. The zero-order valence-electron chi connectivity index (χ0n) is 21.7. The minimum atomic E-state index is -1.60. The highest BCUT2D eigenvalue weighted by Gasteiger charge is 2.28. The van der Waals surface area contributed by atoms with E-state index in [0.717, 1.165) is 5.56 Å². The number of amides is 5. The van der Waals surface area contributed by atoms with Gasteiger partial charge in [0.15, 0.2) is 0 Å². The van der Waals surface area contributed by atoms with Crippen molar-refractivity contribution >= 4 is 41.5 Å². The van der Waals surface area contributed by atoms with Crippen LogP contribution in [0.15, 0.2) is 30.3 Å². The zero-order chi connectivity index (χ0) is 30.2. The minimum absolute atomic E-state index is 0.211. The molecule has 0 saturated heterocycles.